The van der Waals surface area contributed by atoms with Gasteiger partial charge in [-0.2, -0.15) is 0 Å². The first kappa shape index (κ1) is 19.8. The van der Waals surface area contributed by atoms with E-state index in [-0.39, 0.29) is 25.6 Å². The minimum absolute atomic E-state index is 0.0782. The van der Waals surface area contributed by atoms with Gasteiger partial charge in [-0.1, -0.05) is 11.6 Å². The van der Waals surface area contributed by atoms with Crippen molar-refractivity contribution in [1.29, 1.82) is 0 Å². The van der Waals surface area contributed by atoms with Crippen LogP contribution in [0.25, 0.3) is 0 Å². The molecule has 0 fully saturated rings. The number of aliphatic carboxylic acids is 1. The predicted octanol–water partition coefficient (Wildman–Crippen LogP) is 1.47. The van der Waals surface area contributed by atoms with Crippen LogP contribution in [0.5, 0.6) is 5.75 Å². The summed E-state index contributed by atoms with van der Waals surface area (Å²) in [5, 5.41) is 12.2. The third-order valence-corrected chi connectivity index (χ3v) is 3.60. The van der Waals surface area contributed by atoms with Crippen LogP contribution < -0.4 is 10.1 Å². The third-order valence-electron chi connectivity index (χ3n) is 3.36. The van der Waals surface area contributed by atoms with Gasteiger partial charge in [-0.15, -0.1) is 0 Å². The van der Waals surface area contributed by atoms with Crippen LogP contribution in [0.15, 0.2) is 18.2 Å². The number of carbonyl (C=O) groups is 3. The summed E-state index contributed by atoms with van der Waals surface area (Å²) in [6.07, 6.45) is 0. The van der Waals surface area contributed by atoms with Crippen molar-refractivity contribution in [2.45, 2.75) is 26.8 Å². The van der Waals surface area contributed by atoms with Gasteiger partial charge < -0.3 is 20.1 Å². The molecule has 0 heterocycles. The van der Waals surface area contributed by atoms with E-state index in [1.807, 2.05) is 0 Å². The van der Waals surface area contributed by atoms with Gasteiger partial charge in [0.1, 0.15) is 11.8 Å². The lowest BCUT2D eigenvalue weighted by molar-refractivity contribution is -0.150. The zero-order valence-corrected chi connectivity index (χ0v) is 14.6. The molecular weight excluding hydrogens is 336 g/mol. The fraction of sp³-hybridized carbons (Fsp3) is 0.438. The van der Waals surface area contributed by atoms with E-state index in [9.17, 15) is 14.4 Å². The molecule has 0 saturated carbocycles. The number of aryl methyl sites for hydroxylation is 1. The molecular formula is C16H21ClN2O5. The van der Waals surface area contributed by atoms with Gasteiger partial charge in [0.05, 0.1) is 0 Å². The van der Waals surface area contributed by atoms with Crippen LogP contribution in [-0.2, 0) is 14.4 Å². The maximum atomic E-state index is 12.3. The van der Waals surface area contributed by atoms with Crippen LogP contribution in [0, 0.1) is 6.92 Å². The summed E-state index contributed by atoms with van der Waals surface area (Å²) in [5.74, 6) is -1.37. The Morgan fingerprint density at radius 3 is 2.58 bits per heavy atom. The molecule has 1 rings (SSSR count). The lowest BCUT2D eigenvalue weighted by Crippen LogP contribution is -2.48. The molecule has 0 bridgehead atoms. The van der Waals surface area contributed by atoms with E-state index in [0.29, 0.717) is 10.8 Å². The van der Waals surface area contributed by atoms with Gasteiger partial charge in [-0.05, 0) is 37.6 Å². The van der Waals surface area contributed by atoms with Crippen molar-refractivity contribution >= 4 is 29.4 Å². The second kappa shape index (κ2) is 9.12. The van der Waals surface area contributed by atoms with Gasteiger partial charge in [-0.25, -0.2) is 4.79 Å². The Hall–Kier alpha value is -2.28. The molecule has 2 amide bonds. The average molecular weight is 357 g/mol. The monoisotopic (exact) mass is 356 g/mol. The van der Waals surface area contributed by atoms with Gasteiger partial charge >= 0.3 is 5.97 Å². The fourth-order valence-electron chi connectivity index (χ4n) is 2.02. The Morgan fingerprint density at radius 1 is 1.38 bits per heavy atom. The number of nitrogens with one attached hydrogen (secondary N) is 1. The van der Waals surface area contributed by atoms with E-state index in [4.69, 9.17) is 21.4 Å². The Labute approximate surface area is 145 Å². The Balaban J connectivity index is 2.72. The normalized spacial score (nSPS) is 11.5. The molecule has 0 aliphatic carbocycles. The molecule has 1 aromatic rings. The summed E-state index contributed by atoms with van der Waals surface area (Å²) in [5.41, 5.74) is 0.770. The molecule has 1 unspecified atom stereocenters. The lowest BCUT2D eigenvalue weighted by atomic mass is 10.2. The van der Waals surface area contributed by atoms with Crippen molar-refractivity contribution in [2.24, 2.45) is 0 Å². The van der Waals surface area contributed by atoms with Gasteiger partial charge in [0, 0.05) is 25.0 Å². The molecule has 7 nitrogen and oxygen atoms in total. The van der Waals surface area contributed by atoms with Crippen molar-refractivity contribution < 1.29 is 24.2 Å². The number of nitrogens with zero attached hydrogens (tertiary/aromatic N) is 1. The van der Waals surface area contributed by atoms with Gasteiger partial charge in [0.2, 0.25) is 5.91 Å². The van der Waals surface area contributed by atoms with Crippen molar-refractivity contribution in [3.05, 3.63) is 28.8 Å². The average Bonchev–Trinajstić information content (AvgIpc) is 2.49. The molecule has 24 heavy (non-hydrogen) atoms. The van der Waals surface area contributed by atoms with Crippen molar-refractivity contribution in [3.63, 3.8) is 0 Å². The highest BCUT2D eigenvalue weighted by Gasteiger charge is 2.25. The van der Waals surface area contributed by atoms with E-state index < -0.39 is 17.9 Å². The first-order valence-electron chi connectivity index (χ1n) is 7.38. The van der Waals surface area contributed by atoms with Crippen molar-refractivity contribution in [2.75, 3.05) is 19.7 Å². The van der Waals surface area contributed by atoms with Crippen LogP contribution in [0.4, 0.5) is 0 Å². The van der Waals surface area contributed by atoms with E-state index in [2.05, 4.69) is 5.32 Å². The Kier molecular flexibility index (Phi) is 7.51. The first-order valence-corrected chi connectivity index (χ1v) is 7.75. The topological polar surface area (TPSA) is 95.9 Å². The first-order chi connectivity index (χ1) is 11.2. The lowest BCUT2D eigenvalue weighted by Gasteiger charge is -2.26. The molecule has 2 N–H and O–H groups in total. The third kappa shape index (κ3) is 6.08. The predicted molar refractivity (Wildman–Crippen MR) is 89.2 cm³/mol. The summed E-state index contributed by atoms with van der Waals surface area (Å²) in [7, 11) is 0. The molecule has 0 spiro atoms. The van der Waals surface area contributed by atoms with E-state index in [0.717, 1.165) is 10.5 Å². The Bertz CT molecular complexity index is 620. The number of benzene rings is 1. The molecule has 1 aromatic carbocycles. The van der Waals surface area contributed by atoms with Crippen LogP contribution in [-0.4, -0.2) is 53.5 Å². The second-order valence-corrected chi connectivity index (χ2v) is 5.72. The van der Waals surface area contributed by atoms with E-state index >= 15 is 0 Å². The summed E-state index contributed by atoms with van der Waals surface area (Å²) < 4.78 is 5.46. The highest BCUT2D eigenvalue weighted by molar-refractivity contribution is 6.30. The molecule has 0 radical (unpaired) electrons. The molecule has 0 saturated heterocycles. The highest BCUT2D eigenvalue weighted by atomic mass is 35.5. The molecule has 1 atom stereocenters. The number of hydrogen-bond acceptors (Lipinski definition) is 4. The largest absolute Gasteiger partial charge is 0.483 e. The zero-order valence-electron chi connectivity index (χ0n) is 13.8. The number of carboxylic acid groups (broad SMARTS) is 1. The van der Waals surface area contributed by atoms with Gasteiger partial charge in [-0.3, -0.25) is 9.59 Å². The minimum atomic E-state index is -1.13. The van der Waals surface area contributed by atoms with E-state index in [1.165, 1.54) is 13.8 Å². The molecule has 0 aliphatic rings. The summed E-state index contributed by atoms with van der Waals surface area (Å²) >= 11 is 5.86. The number of carboxylic acids is 1. The van der Waals surface area contributed by atoms with Crippen LogP contribution in [0.1, 0.15) is 19.4 Å². The molecule has 8 heteroatoms. The second-order valence-electron chi connectivity index (χ2n) is 5.28. The molecule has 0 aromatic heterocycles. The van der Waals surface area contributed by atoms with Crippen LogP contribution in [0.2, 0.25) is 5.02 Å². The maximum Gasteiger partial charge on any atom is 0.326 e. The standard InChI is InChI=1S/C16H21ClN2O5/c1-10-8-13(17)4-5-14(10)24-9-15(21)19(11(2)16(22)23)7-6-18-12(3)20/h4-5,8,11H,6-7,9H2,1-3H3,(H,18,20)(H,22,23). The van der Waals surface area contributed by atoms with Crippen molar-refractivity contribution in [3.8, 4) is 5.75 Å². The fourth-order valence-corrected chi connectivity index (χ4v) is 2.24. The number of rotatable bonds is 8. The van der Waals surface area contributed by atoms with Gasteiger partial charge in [0.15, 0.2) is 6.61 Å². The van der Waals surface area contributed by atoms with Gasteiger partial charge in [0.25, 0.3) is 5.91 Å². The summed E-state index contributed by atoms with van der Waals surface area (Å²) in [6.45, 7) is 4.48. The molecule has 132 valence electrons. The molecule has 0 aliphatic heterocycles. The van der Waals surface area contributed by atoms with Crippen LogP contribution in [0.3, 0.4) is 0 Å². The van der Waals surface area contributed by atoms with Crippen LogP contribution >= 0.6 is 11.6 Å². The number of amides is 2. The van der Waals surface area contributed by atoms with E-state index in [1.54, 1.807) is 25.1 Å². The summed E-state index contributed by atoms with van der Waals surface area (Å²) in [4.78, 5) is 35.6. The highest BCUT2D eigenvalue weighted by Crippen LogP contribution is 2.21. The zero-order chi connectivity index (χ0) is 18.3. The minimum Gasteiger partial charge on any atom is -0.483 e. The Morgan fingerprint density at radius 2 is 2.04 bits per heavy atom. The quantitative estimate of drug-likeness (QED) is 0.735. The number of halogens is 1. The summed E-state index contributed by atoms with van der Waals surface area (Å²) in [6, 6.07) is 3.97. The number of hydrogen-bond donors (Lipinski definition) is 2. The maximum absolute atomic E-state index is 12.3. The van der Waals surface area contributed by atoms with Crippen molar-refractivity contribution in [1.82, 2.24) is 10.2 Å². The number of carbonyl (C=O) groups excluding carboxylic acids is 2. The number of ether oxygens (including phenoxy) is 1. The smallest absolute Gasteiger partial charge is 0.326 e. The SMILES string of the molecule is CC(=O)NCCN(C(=O)COc1ccc(Cl)cc1C)C(C)C(=O)O.